The summed E-state index contributed by atoms with van der Waals surface area (Å²) in [5.74, 6) is 1.00. The summed E-state index contributed by atoms with van der Waals surface area (Å²) in [6.07, 6.45) is 11.7. The monoisotopic (exact) mass is 641 g/mol. The molecule has 0 radical (unpaired) electrons. The maximum absolute atomic E-state index is 13.9. The zero-order valence-electron chi connectivity index (χ0n) is 28.2. The number of rotatable bonds is 15. The molecule has 2 atom stereocenters. The van der Waals surface area contributed by atoms with Gasteiger partial charge in [-0.25, -0.2) is 13.9 Å². The second-order valence-electron chi connectivity index (χ2n) is 14.2. The first-order valence-electron chi connectivity index (χ1n) is 16.5. The zero-order valence-corrected chi connectivity index (χ0v) is 30.0. The van der Waals surface area contributed by atoms with Crippen LogP contribution < -0.4 is 4.72 Å². The average Bonchev–Trinajstić information content (AvgIpc) is 3.34. The largest absolute Gasteiger partial charge is 0.361 e. The Hall–Kier alpha value is -2.20. The van der Waals surface area contributed by atoms with Crippen LogP contribution in [0.4, 0.5) is 0 Å². The topological polar surface area (TPSA) is 90.3 Å². The number of imidazole rings is 1. The Bertz CT molecular complexity index is 1310. The molecule has 1 aliphatic heterocycles. The van der Waals surface area contributed by atoms with E-state index in [2.05, 4.69) is 53.2 Å². The zero-order chi connectivity index (χ0) is 32.3. The summed E-state index contributed by atoms with van der Waals surface area (Å²) in [6.45, 7) is 15.7. The number of allylic oxidation sites excluding steroid dienone is 1. The molecule has 0 saturated carbocycles. The highest BCUT2D eigenvalue weighted by molar-refractivity contribution is 7.84. The van der Waals surface area contributed by atoms with E-state index in [9.17, 15) is 13.8 Å². The molecule has 44 heavy (non-hydrogen) atoms. The van der Waals surface area contributed by atoms with Crippen molar-refractivity contribution in [3.05, 3.63) is 47.3 Å². The lowest BCUT2D eigenvalue weighted by atomic mass is 10.00. The Morgan fingerprint density at radius 3 is 2.64 bits per heavy atom. The van der Waals surface area contributed by atoms with Gasteiger partial charge < -0.3 is 9.30 Å². The molecule has 2 heterocycles. The average molecular weight is 642 g/mol. The molecule has 244 valence electrons. The third-order valence-electron chi connectivity index (χ3n) is 7.95. The summed E-state index contributed by atoms with van der Waals surface area (Å²) in [7, 11) is -2.68. The minimum Gasteiger partial charge on any atom is -0.361 e. The molecule has 4 bridgehead atoms. The number of aromatic nitrogens is 2. The number of nitrogens with zero attached hydrogens (tertiary/aromatic N) is 2. The summed E-state index contributed by atoms with van der Waals surface area (Å²) in [5, 5.41) is 0. The standard InChI is InChI=1S/C35H55N3O4SSi/c1-8-29(39)20-13-11-14-21-30(37-43(41)35(2,3)4)33-32-31(40)22-15-10-9-12-17-27-18-16-19-28(25-27)34(36-32)38(33)26-42-23-24-44(5,6)7/h12,16-19,25,30,37H,8-11,13-15,20-24,26H2,1-7H3/t30-,43+/m0/s1. The van der Waals surface area contributed by atoms with Gasteiger partial charge >= 0.3 is 0 Å². The fourth-order valence-corrected chi connectivity index (χ4v) is 6.76. The van der Waals surface area contributed by atoms with Gasteiger partial charge in [-0.3, -0.25) is 9.59 Å². The molecule has 1 aromatic carbocycles. The van der Waals surface area contributed by atoms with Crippen LogP contribution >= 0.6 is 0 Å². The Morgan fingerprint density at radius 2 is 1.93 bits per heavy atom. The number of hydrogen-bond donors (Lipinski definition) is 1. The lowest BCUT2D eigenvalue weighted by Gasteiger charge is -2.26. The minimum absolute atomic E-state index is 0.0170. The van der Waals surface area contributed by atoms with Crippen LogP contribution in [0.5, 0.6) is 0 Å². The number of Topliss-reactive ketones (excluding diaryl/α,β-unsaturated/α-hetero) is 2. The highest BCUT2D eigenvalue weighted by Crippen LogP contribution is 2.33. The van der Waals surface area contributed by atoms with Crippen LogP contribution in [-0.4, -0.2) is 44.8 Å². The van der Waals surface area contributed by atoms with Gasteiger partial charge in [0, 0.05) is 39.5 Å². The predicted octanol–water partition coefficient (Wildman–Crippen LogP) is 8.65. The summed E-state index contributed by atoms with van der Waals surface area (Å²) in [6, 6.07) is 8.94. The Labute approximate surface area is 269 Å². The van der Waals surface area contributed by atoms with Gasteiger partial charge in [0.1, 0.15) is 24.0 Å². The maximum atomic E-state index is 13.9. The van der Waals surface area contributed by atoms with Crippen molar-refractivity contribution in [3.8, 4) is 11.4 Å². The predicted molar refractivity (Wildman–Crippen MR) is 186 cm³/mol. The SMILES string of the molecule is CCC(=O)CCCCC[C@H](N[S@](=O)C(C)(C)C)c1c2nc(n1COCC[Si](C)(C)C)-c1cccc(c1)C=CCCCCC2=O. The van der Waals surface area contributed by atoms with E-state index in [1.54, 1.807) is 0 Å². The van der Waals surface area contributed by atoms with E-state index >= 15 is 0 Å². The van der Waals surface area contributed by atoms with Crippen molar-refractivity contribution in [1.29, 1.82) is 0 Å². The number of ketones is 2. The Kier molecular flexibility index (Phi) is 13.9. The first-order chi connectivity index (χ1) is 20.8. The lowest BCUT2D eigenvalue weighted by Crippen LogP contribution is -2.37. The number of ether oxygens (including phenoxy) is 1. The number of unbranched alkanes of at least 4 members (excludes halogenated alkanes) is 2. The van der Waals surface area contributed by atoms with Gasteiger partial charge in [0.15, 0.2) is 5.78 Å². The molecule has 1 aromatic heterocycles. The van der Waals surface area contributed by atoms with Crippen LogP contribution in [0.25, 0.3) is 17.5 Å². The minimum atomic E-state index is -1.37. The molecule has 9 heteroatoms. The van der Waals surface area contributed by atoms with Gasteiger partial charge in [-0.2, -0.15) is 0 Å². The molecule has 3 rings (SSSR count). The van der Waals surface area contributed by atoms with Crippen molar-refractivity contribution in [1.82, 2.24) is 14.3 Å². The fourth-order valence-electron chi connectivity index (χ4n) is 5.16. The van der Waals surface area contributed by atoms with E-state index in [1.807, 2.05) is 39.8 Å². The molecule has 1 N–H and O–H groups in total. The smallest absolute Gasteiger partial charge is 0.183 e. The van der Waals surface area contributed by atoms with Crippen molar-refractivity contribution in [2.75, 3.05) is 6.61 Å². The molecule has 0 saturated heterocycles. The Morgan fingerprint density at radius 1 is 1.16 bits per heavy atom. The summed E-state index contributed by atoms with van der Waals surface area (Å²) < 4.78 is 24.9. The molecule has 0 unspecified atom stereocenters. The van der Waals surface area contributed by atoms with Gasteiger partial charge in [0.2, 0.25) is 0 Å². The van der Waals surface area contributed by atoms with E-state index in [0.29, 0.717) is 43.8 Å². The molecule has 7 nitrogen and oxygen atoms in total. The number of benzene rings is 1. The van der Waals surface area contributed by atoms with Crippen molar-refractivity contribution in [3.63, 3.8) is 0 Å². The number of hydrogen-bond acceptors (Lipinski definition) is 5. The second kappa shape index (κ2) is 16.9. The first kappa shape index (κ1) is 36.3. The second-order valence-corrected chi connectivity index (χ2v) is 21.8. The number of carbonyl (C=O) groups excluding carboxylic acids is 2. The van der Waals surface area contributed by atoms with Crippen LogP contribution in [-0.2, 0) is 27.2 Å². The van der Waals surface area contributed by atoms with Crippen molar-refractivity contribution in [2.24, 2.45) is 0 Å². The Balaban J connectivity index is 2.12. The molecule has 0 amide bonds. The third kappa shape index (κ3) is 11.3. The summed E-state index contributed by atoms with van der Waals surface area (Å²) in [5.41, 5.74) is 3.24. The van der Waals surface area contributed by atoms with E-state index in [4.69, 9.17) is 9.72 Å². The molecular formula is C35H55N3O4SSi. The first-order valence-corrected chi connectivity index (χ1v) is 21.3. The van der Waals surface area contributed by atoms with E-state index in [1.165, 1.54) is 0 Å². The van der Waals surface area contributed by atoms with Crippen LogP contribution in [0.15, 0.2) is 30.3 Å². The summed E-state index contributed by atoms with van der Waals surface area (Å²) in [4.78, 5) is 30.9. The van der Waals surface area contributed by atoms with E-state index in [-0.39, 0.29) is 24.3 Å². The number of carbonyl (C=O) groups is 2. The lowest BCUT2D eigenvalue weighted by molar-refractivity contribution is -0.118. The van der Waals surface area contributed by atoms with Crippen LogP contribution in [0.2, 0.25) is 25.7 Å². The van der Waals surface area contributed by atoms with Gasteiger partial charge in [-0.15, -0.1) is 0 Å². The van der Waals surface area contributed by atoms with Crippen molar-refractivity contribution < 1.29 is 18.5 Å². The van der Waals surface area contributed by atoms with Gasteiger partial charge in [0.25, 0.3) is 0 Å². The molecule has 0 aliphatic carbocycles. The van der Waals surface area contributed by atoms with Crippen LogP contribution in [0.3, 0.4) is 0 Å². The van der Waals surface area contributed by atoms with E-state index < -0.39 is 23.8 Å². The summed E-state index contributed by atoms with van der Waals surface area (Å²) >= 11 is 0. The fraction of sp³-hybridized carbons (Fsp3) is 0.629. The van der Waals surface area contributed by atoms with Gasteiger partial charge in [0.05, 0.1) is 27.5 Å². The molecule has 1 aliphatic rings. The molecule has 0 spiro atoms. The quantitative estimate of drug-likeness (QED) is 0.155. The van der Waals surface area contributed by atoms with Gasteiger partial charge in [-0.1, -0.05) is 69.8 Å². The number of fused-ring (bicyclic) bond motifs is 5. The van der Waals surface area contributed by atoms with E-state index in [0.717, 1.165) is 61.4 Å². The highest BCUT2D eigenvalue weighted by atomic mass is 32.2. The normalized spacial score (nSPS) is 15.8. The number of nitrogens with one attached hydrogen (secondary N) is 1. The van der Waals surface area contributed by atoms with Crippen LogP contribution in [0, 0.1) is 0 Å². The van der Waals surface area contributed by atoms with Crippen molar-refractivity contribution in [2.45, 2.75) is 135 Å². The van der Waals surface area contributed by atoms with Gasteiger partial charge in [-0.05, 0) is 70.5 Å². The molecule has 0 fully saturated rings. The maximum Gasteiger partial charge on any atom is 0.183 e. The molecular weight excluding hydrogens is 587 g/mol. The van der Waals surface area contributed by atoms with Crippen LogP contribution in [0.1, 0.15) is 120 Å². The third-order valence-corrected chi connectivity index (χ3v) is 11.3. The van der Waals surface area contributed by atoms with Crippen molar-refractivity contribution >= 4 is 36.7 Å². The molecule has 2 aromatic rings. The highest BCUT2D eigenvalue weighted by Gasteiger charge is 2.32.